The summed E-state index contributed by atoms with van der Waals surface area (Å²) in [4.78, 5) is 41.4. The first kappa shape index (κ1) is 22.9. The summed E-state index contributed by atoms with van der Waals surface area (Å²) in [6, 6.07) is 11.9. The number of rotatable bonds is 7. The van der Waals surface area contributed by atoms with Crippen LogP contribution in [0, 0.1) is 5.82 Å². The second-order valence-corrected chi connectivity index (χ2v) is 8.42. The summed E-state index contributed by atoms with van der Waals surface area (Å²) in [5, 5.41) is 2.98. The maximum Gasteiger partial charge on any atom is 0.251 e. The zero-order chi connectivity index (χ0) is 23.4. The van der Waals surface area contributed by atoms with E-state index in [9.17, 15) is 18.8 Å². The van der Waals surface area contributed by atoms with Crippen LogP contribution >= 0.6 is 0 Å². The summed E-state index contributed by atoms with van der Waals surface area (Å²) in [6.07, 6.45) is 2.40. The van der Waals surface area contributed by atoms with E-state index in [0.29, 0.717) is 49.5 Å². The Balaban J connectivity index is 1.32. The van der Waals surface area contributed by atoms with Crippen molar-refractivity contribution >= 4 is 23.4 Å². The minimum Gasteiger partial charge on any atom is -0.494 e. The molecule has 0 aromatic heterocycles. The fourth-order valence-corrected chi connectivity index (χ4v) is 4.31. The highest BCUT2D eigenvalue weighted by Gasteiger charge is 2.43. The van der Waals surface area contributed by atoms with Gasteiger partial charge in [-0.25, -0.2) is 9.29 Å². The van der Waals surface area contributed by atoms with Crippen LogP contribution in [0.3, 0.4) is 0 Å². The predicted octanol–water partition coefficient (Wildman–Crippen LogP) is 3.14. The SMILES string of the molecule is CCCOc1ccc(N2C(=O)CC(N3CCC(NC(=O)c4ccc(F)cc4)CC3)C2=O)cc1. The average Bonchev–Trinajstić information content (AvgIpc) is 3.12. The van der Waals surface area contributed by atoms with Gasteiger partial charge in [0, 0.05) is 24.7 Å². The van der Waals surface area contributed by atoms with Crippen molar-refractivity contribution in [2.75, 3.05) is 24.6 Å². The number of amides is 3. The molecule has 3 amide bonds. The summed E-state index contributed by atoms with van der Waals surface area (Å²) in [5.41, 5.74) is 0.968. The zero-order valence-electron chi connectivity index (χ0n) is 18.6. The molecule has 0 spiro atoms. The molecule has 0 bridgehead atoms. The Morgan fingerprint density at radius 2 is 1.73 bits per heavy atom. The van der Waals surface area contributed by atoms with E-state index in [1.54, 1.807) is 24.3 Å². The van der Waals surface area contributed by atoms with E-state index in [-0.39, 0.29) is 36.0 Å². The average molecular weight is 454 g/mol. The molecule has 174 valence electrons. The molecule has 2 fully saturated rings. The van der Waals surface area contributed by atoms with Crippen LogP contribution in [0.2, 0.25) is 0 Å². The second-order valence-electron chi connectivity index (χ2n) is 8.42. The highest BCUT2D eigenvalue weighted by molar-refractivity contribution is 6.22. The Morgan fingerprint density at radius 1 is 1.06 bits per heavy atom. The Bertz CT molecular complexity index is 1000. The third kappa shape index (κ3) is 5.22. The minimum atomic E-state index is -0.484. The molecule has 2 aliphatic rings. The standard InChI is InChI=1S/C25H28FN3O4/c1-2-15-33-21-9-7-20(8-10-21)29-23(30)16-22(25(29)32)28-13-11-19(12-14-28)27-24(31)17-3-5-18(26)6-4-17/h3-10,19,22H,2,11-16H2,1H3,(H,27,31). The number of ether oxygens (including phenoxy) is 1. The van der Waals surface area contributed by atoms with Crippen molar-refractivity contribution in [1.29, 1.82) is 0 Å². The van der Waals surface area contributed by atoms with E-state index in [0.717, 1.165) is 6.42 Å². The first-order chi connectivity index (χ1) is 16.0. The Hall–Kier alpha value is -3.26. The van der Waals surface area contributed by atoms with Crippen molar-refractivity contribution in [2.24, 2.45) is 0 Å². The summed E-state index contributed by atoms with van der Waals surface area (Å²) in [6.45, 7) is 3.85. The number of likely N-dealkylation sites (tertiary alicyclic amines) is 1. The highest BCUT2D eigenvalue weighted by Crippen LogP contribution is 2.29. The molecule has 2 heterocycles. The molecule has 2 saturated heterocycles. The van der Waals surface area contributed by atoms with Gasteiger partial charge >= 0.3 is 0 Å². The molecule has 0 saturated carbocycles. The van der Waals surface area contributed by atoms with Gasteiger partial charge in [0.1, 0.15) is 11.6 Å². The summed E-state index contributed by atoms with van der Waals surface area (Å²) < 4.78 is 18.6. The lowest BCUT2D eigenvalue weighted by molar-refractivity contribution is -0.123. The number of nitrogens with one attached hydrogen (secondary N) is 1. The first-order valence-electron chi connectivity index (χ1n) is 11.4. The molecule has 4 rings (SSSR count). The number of hydrogen-bond acceptors (Lipinski definition) is 5. The molecule has 0 aliphatic carbocycles. The number of hydrogen-bond donors (Lipinski definition) is 1. The normalized spacial score (nSPS) is 19.7. The van der Waals surface area contributed by atoms with E-state index in [1.165, 1.54) is 29.2 Å². The van der Waals surface area contributed by atoms with Crippen LogP contribution in [0.25, 0.3) is 0 Å². The van der Waals surface area contributed by atoms with Gasteiger partial charge in [0.2, 0.25) is 5.91 Å². The quantitative estimate of drug-likeness (QED) is 0.652. The van der Waals surface area contributed by atoms with Gasteiger partial charge in [0.15, 0.2) is 0 Å². The molecule has 1 atom stereocenters. The van der Waals surface area contributed by atoms with E-state index < -0.39 is 6.04 Å². The lowest BCUT2D eigenvalue weighted by Gasteiger charge is -2.35. The second kappa shape index (κ2) is 10.1. The van der Waals surface area contributed by atoms with Crippen molar-refractivity contribution < 1.29 is 23.5 Å². The van der Waals surface area contributed by atoms with Crippen molar-refractivity contribution in [2.45, 2.75) is 44.7 Å². The lowest BCUT2D eigenvalue weighted by atomic mass is 10.0. The van der Waals surface area contributed by atoms with Crippen molar-refractivity contribution in [3.8, 4) is 5.75 Å². The van der Waals surface area contributed by atoms with Crippen LogP contribution in [0.1, 0.15) is 43.0 Å². The largest absolute Gasteiger partial charge is 0.494 e. The molecule has 8 heteroatoms. The van der Waals surface area contributed by atoms with Crippen LogP contribution in [0.5, 0.6) is 5.75 Å². The summed E-state index contributed by atoms with van der Waals surface area (Å²) in [7, 11) is 0. The maximum absolute atomic E-state index is 13.1. The molecule has 2 aliphatic heterocycles. The van der Waals surface area contributed by atoms with Crippen molar-refractivity contribution in [3.05, 3.63) is 59.9 Å². The maximum atomic E-state index is 13.1. The van der Waals surface area contributed by atoms with Gasteiger partial charge in [-0.05, 0) is 67.8 Å². The van der Waals surface area contributed by atoms with Gasteiger partial charge in [-0.2, -0.15) is 0 Å². The molecule has 1 N–H and O–H groups in total. The van der Waals surface area contributed by atoms with Gasteiger partial charge in [-0.15, -0.1) is 0 Å². The molecule has 7 nitrogen and oxygen atoms in total. The number of carbonyl (C=O) groups excluding carboxylic acids is 3. The van der Waals surface area contributed by atoms with Gasteiger partial charge in [-0.1, -0.05) is 6.92 Å². The smallest absolute Gasteiger partial charge is 0.251 e. The number of imide groups is 1. The number of anilines is 1. The molecule has 0 radical (unpaired) electrons. The number of benzene rings is 2. The first-order valence-corrected chi connectivity index (χ1v) is 11.4. The fourth-order valence-electron chi connectivity index (χ4n) is 4.31. The third-order valence-electron chi connectivity index (χ3n) is 6.10. The highest BCUT2D eigenvalue weighted by atomic mass is 19.1. The Kier molecular flexibility index (Phi) is 7.03. The van der Waals surface area contributed by atoms with Gasteiger partial charge < -0.3 is 10.1 Å². The topological polar surface area (TPSA) is 79.0 Å². The Labute approximate surface area is 192 Å². The summed E-state index contributed by atoms with van der Waals surface area (Å²) in [5.74, 6) is -0.334. The van der Waals surface area contributed by atoms with Gasteiger partial charge in [0.25, 0.3) is 11.8 Å². The molecular weight excluding hydrogens is 425 g/mol. The van der Waals surface area contributed by atoms with E-state index in [4.69, 9.17) is 4.74 Å². The third-order valence-corrected chi connectivity index (χ3v) is 6.10. The molecule has 1 unspecified atom stereocenters. The minimum absolute atomic E-state index is 0.0298. The van der Waals surface area contributed by atoms with Crippen molar-refractivity contribution in [3.63, 3.8) is 0 Å². The van der Waals surface area contributed by atoms with Crippen LogP contribution in [-0.4, -0.2) is 54.4 Å². The number of carbonyl (C=O) groups is 3. The van der Waals surface area contributed by atoms with E-state index in [2.05, 4.69) is 5.32 Å². The Morgan fingerprint density at radius 3 is 2.36 bits per heavy atom. The number of nitrogens with zero attached hydrogens (tertiary/aromatic N) is 2. The molecule has 33 heavy (non-hydrogen) atoms. The summed E-state index contributed by atoms with van der Waals surface area (Å²) >= 11 is 0. The van der Waals surface area contributed by atoms with Crippen LogP contribution in [0.15, 0.2) is 48.5 Å². The van der Waals surface area contributed by atoms with E-state index >= 15 is 0 Å². The number of piperidine rings is 1. The van der Waals surface area contributed by atoms with Gasteiger partial charge in [-0.3, -0.25) is 19.3 Å². The predicted molar refractivity (Wildman–Crippen MR) is 122 cm³/mol. The number of halogens is 1. The van der Waals surface area contributed by atoms with Gasteiger partial charge in [0.05, 0.1) is 24.8 Å². The van der Waals surface area contributed by atoms with Crippen LogP contribution in [-0.2, 0) is 9.59 Å². The molecule has 2 aromatic carbocycles. The molecule has 2 aromatic rings. The molecular formula is C25H28FN3O4. The zero-order valence-corrected chi connectivity index (χ0v) is 18.6. The fraction of sp³-hybridized carbons (Fsp3) is 0.400. The van der Waals surface area contributed by atoms with E-state index in [1.807, 2.05) is 11.8 Å². The van der Waals surface area contributed by atoms with Crippen LogP contribution in [0.4, 0.5) is 10.1 Å². The van der Waals surface area contributed by atoms with Crippen molar-refractivity contribution in [1.82, 2.24) is 10.2 Å². The monoisotopic (exact) mass is 453 g/mol. The lowest BCUT2D eigenvalue weighted by Crippen LogP contribution is -2.50. The van der Waals surface area contributed by atoms with Crippen LogP contribution < -0.4 is 15.0 Å².